The van der Waals surface area contributed by atoms with Crippen LogP contribution in [0.25, 0.3) is 0 Å². The molecule has 0 saturated carbocycles. The molecule has 1 aliphatic rings. The number of carbonyl (C=O) groups excluding carboxylic acids is 1. The lowest BCUT2D eigenvalue weighted by Crippen LogP contribution is -2.49. The number of carbonyl (C=O) groups is 1. The van der Waals surface area contributed by atoms with E-state index < -0.39 is 0 Å². The lowest BCUT2D eigenvalue weighted by atomic mass is 9.88. The molecule has 1 amide bonds. The van der Waals surface area contributed by atoms with Crippen LogP contribution in [0.2, 0.25) is 0 Å². The zero-order valence-electron chi connectivity index (χ0n) is 17.9. The van der Waals surface area contributed by atoms with Crippen LogP contribution >= 0.6 is 0 Å². The molecule has 2 aromatic carbocycles. The maximum absolute atomic E-state index is 13.2. The van der Waals surface area contributed by atoms with Gasteiger partial charge in [0.25, 0.3) is 0 Å². The fourth-order valence-electron chi connectivity index (χ4n) is 3.99. The predicted octanol–water partition coefficient (Wildman–Crippen LogP) is 3.75. The maximum Gasteiger partial charge on any atom is 0.233 e. The van der Waals surface area contributed by atoms with Crippen molar-refractivity contribution >= 4 is 11.7 Å². The van der Waals surface area contributed by atoms with E-state index in [-0.39, 0.29) is 11.8 Å². The molecular weight excluding hydrogens is 388 g/mol. The second-order valence-corrected chi connectivity index (χ2v) is 7.61. The second kappa shape index (κ2) is 10.1. The Bertz CT molecular complexity index is 916. The van der Waals surface area contributed by atoms with Crippen molar-refractivity contribution in [2.45, 2.75) is 19.3 Å². The molecule has 0 bridgehead atoms. The number of aromatic nitrogens is 2. The van der Waals surface area contributed by atoms with E-state index in [2.05, 4.69) is 39.4 Å². The Morgan fingerprint density at radius 3 is 2.00 bits per heavy atom. The summed E-state index contributed by atoms with van der Waals surface area (Å²) in [6, 6.07) is 24.3. The molecule has 0 atom stereocenters. The number of ether oxygens (including phenoxy) is 1. The van der Waals surface area contributed by atoms with E-state index in [1.165, 1.54) is 11.1 Å². The van der Waals surface area contributed by atoms with Crippen LogP contribution in [-0.4, -0.2) is 53.8 Å². The predicted molar refractivity (Wildman–Crippen MR) is 121 cm³/mol. The van der Waals surface area contributed by atoms with Gasteiger partial charge in [-0.2, -0.15) is 0 Å². The Kier molecular flexibility index (Phi) is 6.77. The van der Waals surface area contributed by atoms with Gasteiger partial charge in [-0.3, -0.25) is 4.79 Å². The maximum atomic E-state index is 13.2. The molecule has 4 rings (SSSR count). The third-order valence-electron chi connectivity index (χ3n) is 5.66. The van der Waals surface area contributed by atoms with Crippen molar-refractivity contribution in [3.8, 4) is 5.88 Å². The molecule has 6 nitrogen and oxygen atoms in total. The minimum absolute atomic E-state index is 0.0601. The number of amides is 1. The number of piperazine rings is 1. The van der Waals surface area contributed by atoms with E-state index in [9.17, 15) is 4.79 Å². The van der Waals surface area contributed by atoms with Crippen LogP contribution in [0, 0.1) is 0 Å². The van der Waals surface area contributed by atoms with Crippen molar-refractivity contribution in [3.63, 3.8) is 0 Å². The molecule has 3 aromatic rings. The van der Waals surface area contributed by atoms with Gasteiger partial charge in [-0.25, -0.2) is 0 Å². The number of nitrogens with zero attached hydrogens (tertiary/aromatic N) is 4. The Balaban J connectivity index is 1.39. The van der Waals surface area contributed by atoms with E-state index in [0.29, 0.717) is 32.0 Å². The van der Waals surface area contributed by atoms with Gasteiger partial charge >= 0.3 is 0 Å². The fourth-order valence-corrected chi connectivity index (χ4v) is 3.99. The normalized spacial score (nSPS) is 14.0. The van der Waals surface area contributed by atoms with Gasteiger partial charge in [0.15, 0.2) is 5.82 Å². The lowest BCUT2D eigenvalue weighted by Gasteiger charge is -2.36. The van der Waals surface area contributed by atoms with E-state index >= 15 is 0 Å². The molecule has 0 unspecified atom stereocenters. The monoisotopic (exact) mass is 416 g/mol. The van der Waals surface area contributed by atoms with Crippen LogP contribution in [0.4, 0.5) is 5.82 Å². The quantitative estimate of drug-likeness (QED) is 0.587. The summed E-state index contributed by atoms with van der Waals surface area (Å²) in [6.07, 6.45) is 0.469. The van der Waals surface area contributed by atoms with Crippen molar-refractivity contribution in [2.75, 3.05) is 37.7 Å². The van der Waals surface area contributed by atoms with E-state index in [1.54, 1.807) is 0 Å². The van der Waals surface area contributed by atoms with Crippen LogP contribution < -0.4 is 9.64 Å². The summed E-state index contributed by atoms with van der Waals surface area (Å²) >= 11 is 0. The van der Waals surface area contributed by atoms with Gasteiger partial charge in [0.05, 0.1) is 6.61 Å². The number of benzene rings is 2. The van der Waals surface area contributed by atoms with E-state index in [0.717, 1.165) is 18.9 Å². The molecule has 1 aromatic heterocycles. The summed E-state index contributed by atoms with van der Waals surface area (Å²) in [7, 11) is 0. The average molecular weight is 417 g/mol. The summed E-state index contributed by atoms with van der Waals surface area (Å²) < 4.78 is 5.36. The molecule has 2 heterocycles. The van der Waals surface area contributed by atoms with Crippen molar-refractivity contribution < 1.29 is 9.53 Å². The number of anilines is 1. The first-order valence-corrected chi connectivity index (χ1v) is 10.8. The van der Waals surface area contributed by atoms with Crippen molar-refractivity contribution in [1.82, 2.24) is 15.1 Å². The molecule has 31 heavy (non-hydrogen) atoms. The fraction of sp³-hybridized carbons (Fsp3) is 0.320. The Morgan fingerprint density at radius 1 is 0.871 bits per heavy atom. The van der Waals surface area contributed by atoms with Gasteiger partial charge in [-0.15, -0.1) is 10.2 Å². The average Bonchev–Trinajstić information content (AvgIpc) is 2.84. The summed E-state index contributed by atoms with van der Waals surface area (Å²) in [4.78, 5) is 17.3. The third-order valence-corrected chi connectivity index (χ3v) is 5.66. The summed E-state index contributed by atoms with van der Waals surface area (Å²) in [6.45, 7) is 5.35. The first-order valence-electron chi connectivity index (χ1n) is 10.8. The van der Waals surface area contributed by atoms with Gasteiger partial charge in [0.1, 0.15) is 0 Å². The van der Waals surface area contributed by atoms with Gasteiger partial charge in [-0.1, -0.05) is 60.7 Å². The highest BCUT2D eigenvalue weighted by Gasteiger charge is 2.25. The first-order chi connectivity index (χ1) is 15.2. The van der Waals surface area contributed by atoms with Crippen molar-refractivity contribution in [1.29, 1.82) is 0 Å². The van der Waals surface area contributed by atoms with Gasteiger partial charge in [-0.05, 0) is 24.1 Å². The molecule has 1 aliphatic heterocycles. The van der Waals surface area contributed by atoms with Gasteiger partial charge < -0.3 is 14.5 Å². The highest BCUT2D eigenvalue weighted by atomic mass is 16.5. The Hall–Kier alpha value is -3.41. The molecule has 1 saturated heterocycles. The van der Waals surface area contributed by atoms with Crippen LogP contribution in [0.1, 0.15) is 30.4 Å². The molecule has 6 heteroatoms. The molecular formula is C25H28N4O2. The summed E-state index contributed by atoms with van der Waals surface area (Å²) in [5.74, 6) is 1.61. The SMILES string of the molecule is CCOc1ccc(N2CCN(C(=O)CC(c3ccccc3)c3ccccc3)CC2)nn1. The van der Waals surface area contributed by atoms with Gasteiger partial charge in [0, 0.05) is 44.6 Å². The van der Waals surface area contributed by atoms with Crippen LogP contribution in [-0.2, 0) is 4.79 Å². The Labute approximate surface area is 183 Å². The lowest BCUT2D eigenvalue weighted by molar-refractivity contribution is -0.131. The number of hydrogen-bond donors (Lipinski definition) is 0. The first kappa shape index (κ1) is 20.8. The molecule has 0 spiro atoms. The topological polar surface area (TPSA) is 58.6 Å². The number of hydrogen-bond acceptors (Lipinski definition) is 5. The van der Waals surface area contributed by atoms with Crippen molar-refractivity contribution in [2.24, 2.45) is 0 Å². The minimum Gasteiger partial charge on any atom is -0.477 e. The van der Waals surface area contributed by atoms with E-state index in [1.807, 2.05) is 60.4 Å². The highest BCUT2D eigenvalue weighted by molar-refractivity contribution is 5.78. The van der Waals surface area contributed by atoms with Crippen molar-refractivity contribution in [3.05, 3.63) is 83.9 Å². The smallest absolute Gasteiger partial charge is 0.233 e. The molecule has 160 valence electrons. The molecule has 0 N–H and O–H groups in total. The molecule has 1 fully saturated rings. The minimum atomic E-state index is 0.0601. The highest BCUT2D eigenvalue weighted by Crippen LogP contribution is 2.29. The van der Waals surface area contributed by atoms with Crippen LogP contribution in [0.3, 0.4) is 0 Å². The summed E-state index contributed by atoms with van der Waals surface area (Å²) in [5.41, 5.74) is 2.34. The number of rotatable bonds is 7. The van der Waals surface area contributed by atoms with Crippen LogP contribution in [0.5, 0.6) is 5.88 Å². The molecule has 0 aliphatic carbocycles. The van der Waals surface area contributed by atoms with Crippen LogP contribution in [0.15, 0.2) is 72.8 Å². The van der Waals surface area contributed by atoms with Gasteiger partial charge in [0.2, 0.25) is 11.8 Å². The summed E-state index contributed by atoms with van der Waals surface area (Å²) in [5, 5.41) is 8.38. The van der Waals surface area contributed by atoms with E-state index in [4.69, 9.17) is 4.74 Å². The molecule has 0 radical (unpaired) electrons. The zero-order chi connectivity index (χ0) is 21.5. The second-order valence-electron chi connectivity index (χ2n) is 7.61. The zero-order valence-corrected chi connectivity index (χ0v) is 17.9. The third kappa shape index (κ3) is 5.20. The largest absolute Gasteiger partial charge is 0.477 e. The Morgan fingerprint density at radius 2 is 1.48 bits per heavy atom. The standard InChI is InChI=1S/C25H28N4O2/c1-2-31-24-14-13-23(26-27-24)28-15-17-29(18-16-28)25(30)19-22(20-9-5-3-6-10-20)21-11-7-4-8-12-21/h3-14,22H,2,15-19H2,1H3.